The molecule has 0 fully saturated rings. The largest absolute Gasteiger partial charge is 0.383 e. The number of nitrogens with one attached hydrogen (secondary N) is 1. The Morgan fingerprint density at radius 2 is 2.14 bits per heavy atom. The Hall–Kier alpha value is -2.47. The fourth-order valence-corrected chi connectivity index (χ4v) is 2.13. The Kier molecular flexibility index (Phi) is 5.85. The minimum absolute atomic E-state index is 0.192. The summed E-state index contributed by atoms with van der Waals surface area (Å²) in [6.45, 7) is 5.13. The van der Waals surface area contributed by atoms with E-state index in [1.165, 1.54) is 0 Å². The standard InChI is InChI=1S/C16H21N5O/c1-2-21(12-13-5-3-7-18-11-13)10-9-20-16(22)14-6-4-8-19-15(14)17/h3-8,11H,2,9-10,12H2,1H3,(H2,17,19)(H,20,22). The molecular weight excluding hydrogens is 278 g/mol. The number of carbonyl (C=O) groups excluding carboxylic acids is 1. The summed E-state index contributed by atoms with van der Waals surface area (Å²) in [5.41, 5.74) is 7.27. The minimum Gasteiger partial charge on any atom is -0.383 e. The summed E-state index contributed by atoms with van der Waals surface area (Å²) in [6, 6.07) is 7.34. The zero-order valence-corrected chi connectivity index (χ0v) is 12.7. The highest BCUT2D eigenvalue weighted by Crippen LogP contribution is 2.06. The Labute approximate surface area is 130 Å². The molecule has 6 nitrogen and oxygen atoms in total. The number of pyridine rings is 2. The Morgan fingerprint density at radius 3 is 2.82 bits per heavy atom. The van der Waals surface area contributed by atoms with Crippen LogP contribution in [0.4, 0.5) is 5.82 Å². The first-order chi connectivity index (χ1) is 10.7. The predicted octanol–water partition coefficient (Wildman–Crippen LogP) is 1.31. The molecule has 0 spiro atoms. The van der Waals surface area contributed by atoms with Crippen molar-refractivity contribution in [1.82, 2.24) is 20.2 Å². The maximum atomic E-state index is 12.0. The average Bonchev–Trinajstić information content (AvgIpc) is 2.55. The molecule has 0 aromatic carbocycles. The lowest BCUT2D eigenvalue weighted by Crippen LogP contribution is -2.35. The lowest BCUT2D eigenvalue weighted by Gasteiger charge is -2.20. The molecule has 0 aliphatic heterocycles. The highest BCUT2D eigenvalue weighted by atomic mass is 16.1. The average molecular weight is 299 g/mol. The molecule has 0 radical (unpaired) electrons. The van der Waals surface area contributed by atoms with Crippen LogP contribution in [0.3, 0.4) is 0 Å². The van der Waals surface area contributed by atoms with E-state index >= 15 is 0 Å². The maximum absolute atomic E-state index is 12.0. The minimum atomic E-state index is -0.192. The molecule has 2 rings (SSSR count). The van der Waals surface area contributed by atoms with Crippen LogP contribution in [-0.2, 0) is 6.54 Å². The lowest BCUT2D eigenvalue weighted by molar-refractivity contribution is 0.0949. The van der Waals surface area contributed by atoms with Crippen LogP contribution in [0.5, 0.6) is 0 Å². The fraction of sp³-hybridized carbons (Fsp3) is 0.312. The Morgan fingerprint density at radius 1 is 1.32 bits per heavy atom. The van der Waals surface area contributed by atoms with E-state index in [9.17, 15) is 4.79 Å². The third-order valence-corrected chi connectivity index (χ3v) is 3.37. The van der Waals surface area contributed by atoms with E-state index in [0.717, 1.165) is 25.2 Å². The van der Waals surface area contributed by atoms with Crippen molar-refractivity contribution in [2.45, 2.75) is 13.5 Å². The van der Waals surface area contributed by atoms with Crippen molar-refractivity contribution < 1.29 is 4.79 Å². The van der Waals surface area contributed by atoms with Gasteiger partial charge >= 0.3 is 0 Å². The number of nitrogen functional groups attached to an aromatic ring is 1. The third kappa shape index (κ3) is 4.53. The number of hydrogen-bond donors (Lipinski definition) is 2. The summed E-state index contributed by atoms with van der Waals surface area (Å²) >= 11 is 0. The van der Waals surface area contributed by atoms with Gasteiger partial charge in [-0.25, -0.2) is 4.98 Å². The molecule has 2 aromatic rings. The van der Waals surface area contributed by atoms with Gasteiger partial charge in [0.05, 0.1) is 5.56 Å². The van der Waals surface area contributed by atoms with Crippen LogP contribution in [0.15, 0.2) is 42.9 Å². The van der Waals surface area contributed by atoms with E-state index in [1.807, 2.05) is 18.3 Å². The smallest absolute Gasteiger partial charge is 0.255 e. The zero-order valence-electron chi connectivity index (χ0n) is 12.7. The van der Waals surface area contributed by atoms with Crippen LogP contribution in [0, 0.1) is 0 Å². The number of rotatable bonds is 7. The molecule has 116 valence electrons. The monoisotopic (exact) mass is 299 g/mol. The zero-order chi connectivity index (χ0) is 15.8. The van der Waals surface area contributed by atoms with E-state index < -0.39 is 0 Å². The van der Waals surface area contributed by atoms with E-state index in [0.29, 0.717) is 12.1 Å². The van der Waals surface area contributed by atoms with Crippen molar-refractivity contribution in [3.8, 4) is 0 Å². The SMILES string of the molecule is CCN(CCNC(=O)c1cccnc1N)Cc1cccnc1. The summed E-state index contributed by atoms with van der Waals surface area (Å²) in [7, 11) is 0. The number of nitrogens with zero attached hydrogens (tertiary/aromatic N) is 3. The van der Waals surface area contributed by atoms with Gasteiger partial charge < -0.3 is 11.1 Å². The van der Waals surface area contributed by atoms with Crippen molar-refractivity contribution in [3.05, 3.63) is 54.0 Å². The molecular formula is C16H21N5O. The number of likely N-dealkylation sites (N-methyl/N-ethyl adjacent to an activating group) is 1. The summed E-state index contributed by atoms with van der Waals surface area (Å²) in [6.07, 6.45) is 5.19. The predicted molar refractivity (Wildman–Crippen MR) is 86.2 cm³/mol. The van der Waals surface area contributed by atoms with Gasteiger partial charge in [-0.2, -0.15) is 0 Å². The van der Waals surface area contributed by atoms with Crippen LogP contribution in [0.1, 0.15) is 22.8 Å². The highest BCUT2D eigenvalue weighted by molar-refractivity contribution is 5.98. The Bertz CT molecular complexity index is 602. The molecule has 6 heteroatoms. The van der Waals surface area contributed by atoms with Gasteiger partial charge in [-0.05, 0) is 30.3 Å². The first-order valence-corrected chi connectivity index (χ1v) is 7.30. The molecule has 0 aliphatic carbocycles. The van der Waals surface area contributed by atoms with Crippen molar-refractivity contribution in [2.24, 2.45) is 0 Å². The topological polar surface area (TPSA) is 84.1 Å². The second-order valence-corrected chi connectivity index (χ2v) is 4.92. The quantitative estimate of drug-likeness (QED) is 0.805. The van der Waals surface area contributed by atoms with Crippen LogP contribution in [0.2, 0.25) is 0 Å². The number of nitrogens with two attached hydrogens (primary N) is 1. The summed E-state index contributed by atoms with van der Waals surface area (Å²) in [4.78, 5) is 22.3. The third-order valence-electron chi connectivity index (χ3n) is 3.37. The lowest BCUT2D eigenvalue weighted by atomic mass is 10.2. The second-order valence-electron chi connectivity index (χ2n) is 4.92. The Balaban J connectivity index is 1.81. The van der Waals surface area contributed by atoms with Gasteiger partial charge in [0.2, 0.25) is 0 Å². The molecule has 0 saturated heterocycles. The summed E-state index contributed by atoms with van der Waals surface area (Å²) < 4.78 is 0. The van der Waals surface area contributed by atoms with Crippen molar-refractivity contribution in [3.63, 3.8) is 0 Å². The first kappa shape index (κ1) is 15.9. The van der Waals surface area contributed by atoms with Crippen LogP contribution < -0.4 is 11.1 Å². The van der Waals surface area contributed by atoms with Gasteiger partial charge in [0.15, 0.2) is 0 Å². The number of aromatic nitrogens is 2. The number of amides is 1. The van der Waals surface area contributed by atoms with Crippen LogP contribution in [0.25, 0.3) is 0 Å². The molecule has 0 saturated carbocycles. The maximum Gasteiger partial charge on any atom is 0.255 e. The van der Waals surface area contributed by atoms with E-state index in [-0.39, 0.29) is 11.7 Å². The molecule has 0 aliphatic rings. The number of carbonyl (C=O) groups is 1. The first-order valence-electron chi connectivity index (χ1n) is 7.30. The molecule has 0 atom stereocenters. The van der Waals surface area contributed by atoms with E-state index in [4.69, 9.17) is 5.73 Å². The highest BCUT2D eigenvalue weighted by Gasteiger charge is 2.10. The van der Waals surface area contributed by atoms with E-state index in [1.54, 1.807) is 24.5 Å². The van der Waals surface area contributed by atoms with Crippen molar-refractivity contribution in [1.29, 1.82) is 0 Å². The normalized spacial score (nSPS) is 10.6. The molecule has 0 bridgehead atoms. The molecule has 2 aromatic heterocycles. The van der Waals surface area contributed by atoms with Gasteiger partial charge in [-0.15, -0.1) is 0 Å². The van der Waals surface area contributed by atoms with Gasteiger partial charge in [-0.3, -0.25) is 14.7 Å². The van der Waals surface area contributed by atoms with Crippen molar-refractivity contribution in [2.75, 3.05) is 25.4 Å². The second kappa shape index (κ2) is 8.09. The van der Waals surface area contributed by atoms with Gasteiger partial charge in [0, 0.05) is 38.2 Å². The summed E-state index contributed by atoms with van der Waals surface area (Å²) in [5.74, 6) is 0.0609. The van der Waals surface area contributed by atoms with Crippen LogP contribution in [-0.4, -0.2) is 40.4 Å². The summed E-state index contributed by atoms with van der Waals surface area (Å²) in [5, 5.41) is 2.87. The van der Waals surface area contributed by atoms with Gasteiger partial charge in [0.25, 0.3) is 5.91 Å². The molecule has 0 unspecified atom stereocenters. The fourth-order valence-electron chi connectivity index (χ4n) is 2.13. The van der Waals surface area contributed by atoms with Crippen molar-refractivity contribution >= 4 is 11.7 Å². The van der Waals surface area contributed by atoms with E-state index in [2.05, 4.69) is 27.1 Å². The number of anilines is 1. The molecule has 3 N–H and O–H groups in total. The van der Waals surface area contributed by atoms with Gasteiger partial charge in [0.1, 0.15) is 5.82 Å². The molecule has 1 amide bonds. The molecule has 2 heterocycles. The van der Waals surface area contributed by atoms with Gasteiger partial charge in [-0.1, -0.05) is 13.0 Å². The van der Waals surface area contributed by atoms with Crippen LogP contribution >= 0.6 is 0 Å². The number of hydrogen-bond acceptors (Lipinski definition) is 5. The molecule has 22 heavy (non-hydrogen) atoms.